The Morgan fingerprint density at radius 2 is 2.10 bits per heavy atom. The van der Waals surface area contributed by atoms with E-state index in [1.165, 1.54) is 6.07 Å². The van der Waals surface area contributed by atoms with E-state index in [0.29, 0.717) is 0 Å². The number of aliphatic hydroxyl groups is 2. The average molecular weight is 319 g/mol. The minimum absolute atomic E-state index is 0.0329. The van der Waals surface area contributed by atoms with Crippen LogP contribution in [0.2, 0.25) is 5.15 Å². The van der Waals surface area contributed by atoms with Gasteiger partial charge in [-0.3, -0.25) is 0 Å². The maximum Gasteiger partial charge on any atom is 0.407 e. The number of alkyl carbamates (subject to hydrolysis) is 1. The molecule has 0 saturated carbocycles. The SMILES string of the molecule is CC(C)(C)OC(=O)NCC(O)C(O)c1cc(Cl)nnc1N. The summed E-state index contributed by atoms with van der Waals surface area (Å²) >= 11 is 5.65. The molecular weight excluding hydrogens is 300 g/mol. The molecule has 21 heavy (non-hydrogen) atoms. The number of hydrogen-bond donors (Lipinski definition) is 4. The molecule has 2 unspecified atom stereocenters. The van der Waals surface area contributed by atoms with Crippen LogP contribution in [0.15, 0.2) is 6.07 Å². The highest BCUT2D eigenvalue weighted by Crippen LogP contribution is 2.23. The molecule has 2 atom stereocenters. The summed E-state index contributed by atoms with van der Waals surface area (Å²) in [5.41, 5.74) is 5.03. The maximum atomic E-state index is 11.4. The first-order valence-electron chi connectivity index (χ1n) is 6.21. The quantitative estimate of drug-likeness (QED) is 0.640. The molecule has 0 aliphatic heterocycles. The summed E-state index contributed by atoms with van der Waals surface area (Å²) in [6.45, 7) is 4.91. The minimum Gasteiger partial charge on any atom is -0.444 e. The van der Waals surface area contributed by atoms with Gasteiger partial charge < -0.3 is 26.0 Å². The molecule has 8 nitrogen and oxygen atoms in total. The lowest BCUT2D eigenvalue weighted by Gasteiger charge is -2.22. The van der Waals surface area contributed by atoms with Crippen molar-refractivity contribution in [2.75, 3.05) is 12.3 Å². The second-order valence-corrected chi connectivity index (χ2v) is 5.79. The molecule has 1 rings (SSSR count). The molecule has 0 aliphatic rings. The Bertz CT molecular complexity index is 507. The fraction of sp³-hybridized carbons (Fsp3) is 0.583. The summed E-state index contributed by atoms with van der Waals surface area (Å²) in [5, 5.41) is 29.3. The van der Waals surface area contributed by atoms with Crippen LogP contribution in [0.5, 0.6) is 0 Å². The Morgan fingerprint density at radius 3 is 2.67 bits per heavy atom. The molecule has 1 amide bonds. The molecule has 0 aliphatic carbocycles. The second kappa shape index (κ2) is 6.88. The van der Waals surface area contributed by atoms with Crippen LogP contribution in [0.25, 0.3) is 0 Å². The van der Waals surface area contributed by atoms with Gasteiger partial charge in [-0.2, -0.15) is 0 Å². The van der Waals surface area contributed by atoms with Gasteiger partial charge in [0.2, 0.25) is 0 Å². The highest BCUT2D eigenvalue weighted by atomic mass is 35.5. The molecule has 0 bridgehead atoms. The topological polar surface area (TPSA) is 131 Å². The second-order valence-electron chi connectivity index (χ2n) is 5.40. The number of nitrogens with two attached hydrogens (primary N) is 1. The van der Waals surface area contributed by atoms with Crippen LogP contribution in [-0.4, -0.2) is 44.8 Å². The van der Waals surface area contributed by atoms with Crippen molar-refractivity contribution >= 4 is 23.5 Å². The van der Waals surface area contributed by atoms with Gasteiger partial charge in [-0.25, -0.2) is 4.79 Å². The van der Waals surface area contributed by atoms with Gasteiger partial charge in [-0.1, -0.05) is 11.6 Å². The van der Waals surface area contributed by atoms with Crippen LogP contribution >= 0.6 is 11.6 Å². The predicted molar refractivity (Wildman–Crippen MR) is 76.7 cm³/mol. The van der Waals surface area contributed by atoms with E-state index in [9.17, 15) is 15.0 Å². The number of nitrogens with zero attached hydrogens (tertiary/aromatic N) is 2. The molecule has 0 fully saturated rings. The number of hydrogen-bond acceptors (Lipinski definition) is 7. The molecule has 1 aromatic heterocycles. The number of ether oxygens (including phenoxy) is 1. The third kappa shape index (κ3) is 5.70. The first-order valence-corrected chi connectivity index (χ1v) is 6.59. The monoisotopic (exact) mass is 318 g/mol. The van der Waals surface area contributed by atoms with E-state index in [1.54, 1.807) is 20.8 Å². The summed E-state index contributed by atoms with van der Waals surface area (Å²) < 4.78 is 5.01. The molecule has 0 saturated heterocycles. The standard InChI is InChI=1S/C12H19ClN4O4/c1-12(2,3)21-11(20)15-5-7(18)9(19)6-4-8(13)16-17-10(6)14/h4,7,9,18-19H,5H2,1-3H3,(H2,14,17)(H,15,20). The highest BCUT2D eigenvalue weighted by Gasteiger charge is 2.24. The molecule has 118 valence electrons. The third-order valence-corrected chi connectivity index (χ3v) is 2.55. The van der Waals surface area contributed by atoms with Gasteiger partial charge in [-0.15, -0.1) is 10.2 Å². The number of aromatic nitrogens is 2. The van der Waals surface area contributed by atoms with E-state index >= 15 is 0 Å². The number of halogens is 1. The van der Waals surface area contributed by atoms with Gasteiger partial charge in [0.05, 0.1) is 0 Å². The largest absolute Gasteiger partial charge is 0.444 e. The van der Waals surface area contributed by atoms with Gasteiger partial charge in [0.15, 0.2) is 11.0 Å². The Kier molecular flexibility index (Phi) is 5.70. The Balaban J connectivity index is 2.61. The van der Waals surface area contributed by atoms with Crippen LogP contribution in [0.1, 0.15) is 32.4 Å². The fourth-order valence-corrected chi connectivity index (χ4v) is 1.60. The van der Waals surface area contributed by atoms with Crippen molar-refractivity contribution < 1.29 is 19.7 Å². The number of aliphatic hydroxyl groups excluding tert-OH is 2. The van der Waals surface area contributed by atoms with Crippen LogP contribution in [0, 0.1) is 0 Å². The molecule has 0 spiro atoms. The van der Waals surface area contributed by atoms with E-state index in [0.717, 1.165) is 0 Å². The number of rotatable bonds is 4. The molecule has 0 radical (unpaired) electrons. The summed E-state index contributed by atoms with van der Waals surface area (Å²) in [6, 6.07) is 1.30. The Labute approximate surface area is 127 Å². The molecule has 1 aromatic rings. The molecule has 5 N–H and O–H groups in total. The number of carbonyl (C=O) groups excluding carboxylic acids is 1. The third-order valence-electron chi connectivity index (χ3n) is 2.36. The Morgan fingerprint density at radius 1 is 1.48 bits per heavy atom. The van der Waals surface area contributed by atoms with Crippen molar-refractivity contribution in [3.05, 3.63) is 16.8 Å². The maximum absolute atomic E-state index is 11.4. The molecule has 9 heteroatoms. The lowest BCUT2D eigenvalue weighted by molar-refractivity contribution is 0.0131. The number of carbonyl (C=O) groups is 1. The van der Waals surface area contributed by atoms with Crippen molar-refractivity contribution in [3.63, 3.8) is 0 Å². The van der Waals surface area contributed by atoms with Gasteiger partial charge in [-0.05, 0) is 26.8 Å². The van der Waals surface area contributed by atoms with Crippen LogP contribution < -0.4 is 11.1 Å². The lowest BCUT2D eigenvalue weighted by atomic mass is 10.1. The van der Waals surface area contributed by atoms with Crippen molar-refractivity contribution in [2.24, 2.45) is 0 Å². The van der Waals surface area contributed by atoms with Gasteiger partial charge >= 0.3 is 6.09 Å². The minimum atomic E-state index is -1.37. The normalized spacial score (nSPS) is 14.4. The lowest BCUT2D eigenvalue weighted by Crippen LogP contribution is -2.39. The van der Waals surface area contributed by atoms with E-state index in [2.05, 4.69) is 15.5 Å². The van der Waals surface area contributed by atoms with Crippen molar-refractivity contribution in [2.45, 2.75) is 38.6 Å². The predicted octanol–water partition coefficient (Wildman–Crippen LogP) is 0.631. The summed E-state index contributed by atoms with van der Waals surface area (Å²) in [7, 11) is 0. The van der Waals surface area contributed by atoms with Crippen LogP contribution in [0.3, 0.4) is 0 Å². The summed E-state index contributed by atoms with van der Waals surface area (Å²) in [5.74, 6) is -0.0526. The smallest absolute Gasteiger partial charge is 0.407 e. The fourth-order valence-electron chi connectivity index (χ4n) is 1.45. The van der Waals surface area contributed by atoms with E-state index in [4.69, 9.17) is 22.1 Å². The van der Waals surface area contributed by atoms with Gasteiger partial charge in [0.25, 0.3) is 0 Å². The first-order chi connectivity index (χ1) is 9.60. The van der Waals surface area contributed by atoms with Crippen molar-refractivity contribution in [1.82, 2.24) is 15.5 Å². The average Bonchev–Trinajstić information content (AvgIpc) is 2.36. The van der Waals surface area contributed by atoms with E-state index in [-0.39, 0.29) is 23.1 Å². The number of anilines is 1. The van der Waals surface area contributed by atoms with Crippen molar-refractivity contribution in [1.29, 1.82) is 0 Å². The van der Waals surface area contributed by atoms with Crippen LogP contribution in [-0.2, 0) is 4.74 Å². The first kappa shape index (κ1) is 17.4. The summed E-state index contributed by atoms with van der Waals surface area (Å²) in [4.78, 5) is 11.4. The number of amides is 1. The number of nitrogen functional groups attached to an aromatic ring is 1. The van der Waals surface area contributed by atoms with Crippen LogP contribution in [0.4, 0.5) is 10.6 Å². The Hall–Kier alpha value is -1.64. The molecule has 0 aromatic carbocycles. The molecular formula is C12H19ClN4O4. The zero-order valence-corrected chi connectivity index (χ0v) is 12.8. The van der Waals surface area contributed by atoms with E-state index < -0.39 is 23.9 Å². The molecule has 1 heterocycles. The highest BCUT2D eigenvalue weighted by molar-refractivity contribution is 6.29. The zero-order valence-electron chi connectivity index (χ0n) is 12.0. The zero-order chi connectivity index (χ0) is 16.2. The van der Waals surface area contributed by atoms with Gasteiger partial charge in [0, 0.05) is 12.1 Å². The number of nitrogens with one attached hydrogen (secondary N) is 1. The van der Waals surface area contributed by atoms with Crippen molar-refractivity contribution in [3.8, 4) is 0 Å². The van der Waals surface area contributed by atoms with E-state index in [1.807, 2.05) is 0 Å². The summed E-state index contributed by atoms with van der Waals surface area (Å²) in [6.07, 6.45) is -3.37. The van der Waals surface area contributed by atoms with Gasteiger partial charge in [0.1, 0.15) is 17.8 Å².